The Morgan fingerprint density at radius 3 is 2.65 bits per heavy atom. The first-order valence-corrected chi connectivity index (χ1v) is 9.57. The summed E-state index contributed by atoms with van der Waals surface area (Å²) >= 11 is 0. The van der Waals surface area contributed by atoms with E-state index in [0.29, 0.717) is 18.1 Å². The molecule has 0 saturated heterocycles. The Hall–Kier alpha value is -1.37. The van der Waals surface area contributed by atoms with Gasteiger partial charge in [-0.05, 0) is 60.6 Å². The molecule has 1 aromatic rings. The molecule has 0 amide bonds. The van der Waals surface area contributed by atoms with Crippen LogP contribution in [0.2, 0.25) is 0 Å². The fourth-order valence-electron chi connectivity index (χ4n) is 6.05. The highest BCUT2D eigenvalue weighted by Crippen LogP contribution is 2.58. The van der Waals surface area contributed by atoms with Gasteiger partial charge < -0.3 is 0 Å². The Morgan fingerprint density at radius 2 is 1.91 bits per heavy atom. The molecule has 2 bridgehead atoms. The van der Waals surface area contributed by atoms with E-state index in [1.165, 1.54) is 50.5 Å². The van der Waals surface area contributed by atoms with Crippen molar-refractivity contribution in [1.29, 1.82) is 0 Å². The molecule has 1 heteroatoms. The van der Waals surface area contributed by atoms with Gasteiger partial charge in [0.2, 0.25) is 0 Å². The number of carbonyl (C=O) groups is 1. The minimum Gasteiger partial charge on any atom is -0.299 e. The average molecular weight is 306 g/mol. The van der Waals surface area contributed by atoms with Crippen LogP contribution in [0.1, 0.15) is 80.4 Å². The van der Waals surface area contributed by atoms with E-state index in [1.807, 2.05) is 0 Å². The molecule has 1 nitrogen and oxygen atoms in total. The van der Waals surface area contributed by atoms with Crippen molar-refractivity contribution in [2.24, 2.45) is 5.92 Å². The molecule has 1 aromatic carbocycles. The maximum absolute atomic E-state index is 12.4. The first kappa shape index (κ1) is 14.0. The quantitative estimate of drug-likeness (QED) is 0.649. The predicted octanol–water partition coefficient (Wildman–Crippen LogP) is 5.23. The number of hydrogen-bond donors (Lipinski definition) is 0. The Labute approximate surface area is 139 Å². The maximum Gasteiger partial charge on any atom is 0.138 e. The van der Waals surface area contributed by atoms with Gasteiger partial charge in [-0.15, -0.1) is 0 Å². The van der Waals surface area contributed by atoms with Gasteiger partial charge in [0.15, 0.2) is 0 Å². The number of ketones is 1. The van der Waals surface area contributed by atoms with Gasteiger partial charge >= 0.3 is 0 Å². The normalized spacial score (nSPS) is 33.1. The molecule has 4 aliphatic rings. The molecule has 1 spiro atoms. The molecule has 5 rings (SSSR count). The van der Waals surface area contributed by atoms with Crippen molar-refractivity contribution in [2.45, 2.75) is 75.5 Å². The monoisotopic (exact) mass is 306 g/mol. The van der Waals surface area contributed by atoms with Crippen LogP contribution in [0.25, 0.3) is 0 Å². The average Bonchev–Trinajstić information content (AvgIpc) is 3.16. The fourth-order valence-corrected chi connectivity index (χ4v) is 6.05. The highest BCUT2D eigenvalue weighted by Gasteiger charge is 2.51. The molecule has 0 aromatic heterocycles. The molecule has 0 heterocycles. The zero-order valence-corrected chi connectivity index (χ0v) is 13.9. The van der Waals surface area contributed by atoms with E-state index >= 15 is 0 Å². The molecule has 0 aliphatic heterocycles. The van der Waals surface area contributed by atoms with Gasteiger partial charge in [-0.3, -0.25) is 4.79 Å². The second kappa shape index (κ2) is 5.06. The minimum absolute atomic E-state index is 0.166. The van der Waals surface area contributed by atoms with E-state index in [4.69, 9.17) is 0 Å². The van der Waals surface area contributed by atoms with Crippen LogP contribution in [-0.4, -0.2) is 5.78 Å². The van der Waals surface area contributed by atoms with Crippen LogP contribution in [-0.2, 0) is 16.6 Å². The third-order valence-corrected chi connectivity index (χ3v) is 7.17. The van der Waals surface area contributed by atoms with Crippen LogP contribution in [0, 0.1) is 5.92 Å². The first-order valence-electron chi connectivity index (χ1n) is 9.57. The van der Waals surface area contributed by atoms with Crippen LogP contribution in [0.5, 0.6) is 0 Å². The van der Waals surface area contributed by atoms with Crippen molar-refractivity contribution in [2.75, 3.05) is 0 Å². The minimum atomic E-state index is 0.166. The Bertz CT molecular complexity index is 692. The summed E-state index contributed by atoms with van der Waals surface area (Å²) in [7, 11) is 0. The summed E-state index contributed by atoms with van der Waals surface area (Å²) in [6.07, 6.45) is 14.4. The molecule has 2 unspecified atom stereocenters. The predicted molar refractivity (Wildman–Crippen MR) is 92.7 cm³/mol. The molecule has 0 N–H and O–H groups in total. The summed E-state index contributed by atoms with van der Waals surface area (Å²) in [5.41, 5.74) is 6.26. The van der Waals surface area contributed by atoms with Crippen molar-refractivity contribution >= 4 is 5.78 Å². The summed E-state index contributed by atoms with van der Waals surface area (Å²) in [6.45, 7) is 0. The lowest BCUT2D eigenvalue weighted by molar-refractivity contribution is -0.120. The Kier molecular flexibility index (Phi) is 3.08. The summed E-state index contributed by atoms with van der Waals surface area (Å²) in [5, 5.41) is 0. The van der Waals surface area contributed by atoms with Crippen molar-refractivity contribution in [3.8, 4) is 0 Å². The van der Waals surface area contributed by atoms with Crippen LogP contribution >= 0.6 is 0 Å². The second-order valence-corrected chi connectivity index (χ2v) is 8.48. The van der Waals surface area contributed by atoms with Gasteiger partial charge in [0, 0.05) is 18.3 Å². The highest BCUT2D eigenvalue weighted by atomic mass is 16.1. The van der Waals surface area contributed by atoms with Crippen molar-refractivity contribution in [3.05, 3.63) is 46.5 Å². The number of hydrogen-bond acceptors (Lipinski definition) is 1. The first-order chi connectivity index (χ1) is 11.2. The number of rotatable bonds is 1. The summed E-state index contributed by atoms with van der Waals surface area (Å²) in [5.74, 6) is 1.93. The summed E-state index contributed by atoms with van der Waals surface area (Å²) < 4.78 is 0. The Balaban J connectivity index is 1.59. The molecule has 120 valence electrons. The molecule has 4 aliphatic carbocycles. The van der Waals surface area contributed by atoms with Gasteiger partial charge in [-0.1, -0.05) is 49.1 Å². The number of benzene rings is 1. The van der Waals surface area contributed by atoms with Crippen molar-refractivity contribution < 1.29 is 4.79 Å². The van der Waals surface area contributed by atoms with Gasteiger partial charge in [0.25, 0.3) is 0 Å². The molecule has 2 atom stereocenters. The SMILES string of the molecule is O=C1Cc2ccc(C3CCCCC3)cc2C2(C1)CC1=CCC2C1. The largest absolute Gasteiger partial charge is 0.299 e. The van der Waals surface area contributed by atoms with Gasteiger partial charge in [0.1, 0.15) is 5.78 Å². The zero-order valence-electron chi connectivity index (χ0n) is 13.9. The zero-order chi connectivity index (χ0) is 15.4. The smallest absolute Gasteiger partial charge is 0.138 e. The lowest BCUT2D eigenvalue weighted by Gasteiger charge is -2.41. The molecule has 23 heavy (non-hydrogen) atoms. The van der Waals surface area contributed by atoms with Crippen LogP contribution < -0.4 is 0 Å². The van der Waals surface area contributed by atoms with Crippen molar-refractivity contribution in [1.82, 2.24) is 0 Å². The van der Waals surface area contributed by atoms with E-state index in [0.717, 1.165) is 18.8 Å². The van der Waals surface area contributed by atoms with Gasteiger partial charge in [0.05, 0.1) is 0 Å². The van der Waals surface area contributed by atoms with E-state index in [9.17, 15) is 4.79 Å². The van der Waals surface area contributed by atoms with Gasteiger partial charge in [-0.25, -0.2) is 0 Å². The summed E-state index contributed by atoms with van der Waals surface area (Å²) in [6, 6.07) is 7.19. The van der Waals surface area contributed by atoms with Crippen LogP contribution in [0.3, 0.4) is 0 Å². The number of allylic oxidation sites excluding steroid dienone is 2. The standard InChI is InChI=1S/C22H26O/c23-20-11-18-8-7-17(16-4-2-1-3-5-16)12-21(18)22(14-20)13-15-6-9-19(22)10-15/h6-8,12,16,19H,1-5,9-11,13-14H2. The molecular formula is C22H26O. The molecule has 2 saturated carbocycles. The van der Waals surface area contributed by atoms with Gasteiger partial charge in [-0.2, -0.15) is 0 Å². The molecule has 2 fully saturated rings. The molecular weight excluding hydrogens is 280 g/mol. The van der Waals surface area contributed by atoms with Crippen LogP contribution in [0.15, 0.2) is 29.8 Å². The third kappa shape index (κ3) is 2.08. The third-order valence-electron chi connectivity index (χ3n) is 7.17. The van der Waals surface area contributed by atoms with E-state index in [-0.39, 0.29) is 5.41 Å². The molecule has 0 radical (unpaired) electrons. The number of Topliss-reactive ketones (excluding diaryl/α,β-unsaturated/α-hetero) is 1. The van der Waals surface area contributed by atoms with Crippen LogP contribution in [0.4, 0.5) is 0 Å². The fraction of sp³-hybridized carbons (Fsp3) is 0.591. The lowest BCUT2D eigenvalue weighted by atomic mass is 9.61. The number of fused-ring (bicyclic) bond motifs is 5. The van der Waals surface area contributed by atoms with E-state index in [2.05, 4.69) is 24.3 Å². The van der Waals surface area contributed by atoms with E-state index in [1.54, 1.807) is 16.7 Å². The number of carbonyl (C=O) groups excluding carboxylic acids is 1. The van der Waals surface area contributed by atoms with Crippen molar-refractivity contribution in [3.63, 3.8) is 0 Å². The second-order valence-electron chi connectivity index (χ2n) is 8.48. The maximum atomic E-state index is 12.4. The highest BCUT2D eigenvalue weighted by molar-refractivity contribution is 5.85. The Morgan fingerprint density at radius 1 is 1.04 bits per heavy atom. The van der Waals surface area contributed by atoms with E-state index < -0.39 is 0 Å². The lowest BCUT2D eigenvalue weighted by Crippen LogP contribution is -2.39. The topological polar surface area (TPSA) is 17.1 Å². The summed E-state index contributed by atoms with van der Waals surface area (Å²) in [4.78, 5) is 12.4.